The van der Waals surface area contributed by atoms with E-state index in [1.54, 1.807) is 0 Å². The predicted molar refractivity (Wildman–Crippen MR) is 119 cm³/mol. The summed E-state index contributed by atoms with van der Waals surface area (Å²) in [6.07, 6.45) is 19.2. The number of para-hydroxylation sites is 1. The molecular weight excluding hydrogens is 326 g/mol. The van der Waals surface area contributed by atoms with Crippen molar-refractivity contribution < 1.29 is 0 Å². The molecule has 0 heterocycles. The van der Waals surface area contributed by atoms with Crippen molar-refractivity contribution in [2.45, 2.75) is 26.2 Å². The highest BCUT2D eigenvalue weighted by Crippen LogP contribution is 2.23. The Morgan fingerprint density at radius 1 is 1.00 bits per heavy atom. The number of nitrogens with zero attached hydrogens (tertiary/aromatic N) is 1. The first-order valence-electron chi connectivity index (χ1n) is 9.90. The van der Waals surface area contributed by atoms with Gasteiger partial charge in [0.25, 0.3) is 0 Å². The third-order valence-corrected chi connectivity index (χ3v) is 4.92. The van der Waals surface area contributed by atoms with Crippen molar-refractivity contribution in [1.82, 2.24) is 0 Å². The highest BCUT2D eigenvalue weighted by Gasteiger charge is 2.13. The SMILES string of the molecule is C\C=C/C(=C\C=C\N(CC1CC=CCC1)c1ccccc1)c1ccccc1. The Labute approximate surface area is 164 Å². The standard InChI is InChI=1S/C26H29N/c1-2-13-24(25-16-8-4-9-17-25)18-12-21-27(26-19-10-5-11-20-26)22-23-14-6-3-7-15-23/h2-6,8-13,16-21,23H,7,14-15,22H2,1H3/b13-2-,21-12+,24-18+. The van der Waals surface area contributed by atoms with Gasteiger partial charge in [-0.2, -0.15) is 0 Å². The van der Waals surface area contributed by atoms with E-state index in [9.17, 15) is 0 Å². The summed E-state index contributed by atoms with van der Waals surface area (Å²) in [4.78, 5) is 2.39. The lowest BCUT2D eigenvalue weighted by atomic mass is 9.94. The number of hydrogen-bond donors (Lipinski definition) is 0. The van der Waals surface area contributed by atoms with Gasteiger partial charge in [0.05, 0.1) is 0 Å². The van der Waals surface area contributed by atoms with Gasteiger partial charge in [-0.1, -0.05) is 78.9 Å². The molecule has 3 rings (SSSR count). The summed E-state index contributed by atoms with van der Waals surface area (Å²) in [5, 5.41) is 0. The van der Waals surface area contributed by atoms with E-state index in [-0.39, 0.29) is 0 Å². The summed E-state index contributed by atoms with van der Waals surface area (Å²) in [6.45, 7) is 3.12. The van der Waals surface area contributed by atoms with Crippen molar-refractivity contribution in [2.24, 2.45) is 5.92 Å². The maximum absolute atomic E-state index is 2.39. The molecule has 0 fully saturated rings. The predicted octanol–water partition coefficient (Wildman–Crippen LogP) is 7.02. The molecule has 0 aliphatic heterocycles. The molecule has 2 aromatic carbocycles. The van der Waals surface area contributed by atoms with E-state index in [4.69, 9.17) is 0 Å². The van der Waals surface area contributed by atoms with Crippen LogP contribution in [-0.4, -0.2) is 6.54 Å². The largest absolute Gasteiger partial charge is 0.348 e. The Morgan fingerprint density at radius 2 is 1.74 bits per heavy atom. The topological polar surface area (TPSA) is 3.24 Å². The third kappa shape index (κ3) is 5.86. The second-order valence-electron chi connectivity index (χ2n) is 6.97. The fourth-order valence-electron chi connectivity index (χ4n) is 3.48. The molecule has 1 aliphatic rings. The summed E-state index contributed by atoms with van der Waals surface area (Å²) in [7, 11) is 0. The third-order valence-electron chi connectivity index (χ3n) is 4.92. The molecule has 1 unspecified atom stereocenters. The maximum atomic E-state index is 2.39. The zero-order valence-corrected chi connectivity index (χ0v) is 16.2. The lowest BCUT2D eigenvalue weighted by molar-refractivity contribution is 0.486. The van der Waals surface area contributed by atoms with Crippen LogP contribution in [0.15, 0.2) is 103 Å². The second-order valence-corrected chi connectivity index (χ2v) is 6.97. The Kier molecular flexibility index (Phi) is 7.29. The minimum atomic E-state index is 0.716. The van der Waals surface area contributed by atoms with Crippen molar-refractivity contribution in [3.63, 3.8) is 0 Å². The fraction of sp³-hybridized carbons (Fsp3) is 0.231. The molecule has 0 bridgehead atoms. The molecule has 1 atom stereocenters. The molecule has 1 aliphatic carbocycles. The van der Waals surface area contributed by atoms with Crippen molar-refractivity contribution in [3.8, 4) is 0 Å². The monoisotopic (exact) mass is 355 g/mol. The molecule has 138 valence electrons. The molecule has 0 spiro atoms. The lowest BCUT2D eigenvalue weighted by Gasteiger charge is -2.27. The highest BCUT2D eigenvalue weighted by molar-refractivity contribution is 5.75. The smallest absolute Gasteiger partial charge is 0.0406 e. The van der Waals surface area contributed by atoms with Crippen LogP contribution in [0, 0.1) is 5.92 Å². The average molecular weight is 356 g/mol. The number of anilines is 1. The van der Waals surface area contributed by atoms with Gasteiger partial charge >= 0.3 is 0 Å². The van der Waals surface area contributed by atoms with E-state index in [0.29, 0.717) is 5.92 Å². The van der Waals surface area contributed by atoms with Crippen molar-refractivity contribution >= 4 is 11.3 Å². The van der Waals surface area contributed by atoms with E-state index in [1.807, 2.05) is 0 Å². The van der Waals surface area contributed by atoms with Crippen molar-refractivity contribution in [1.29, 1.82) is 0 Å². The normalized spacial score (nSPS) is 17.7. The van der Waals surface area contributed by atoms with Gasteiger partial charge in [0.15, 0.2) is 0 Å². The first-order valence-corrected chi connectivity index (χ1v) is 9.90. The summed E-state index contributed by atoms with van der Waals surface area (Å²) in [5.41, 5.74) is 3.72. The van der Waals surface area contributed by atoms with Crippen LogP contribution in [0.25, 0.3) is 5.57 Å². The van der Waals surface area contributed by atoms with Gasteiger partial charge in [0, 0.05) is 18.4 Å². The minimum absolute atomic E-state index is 0.716. The minimum Gasteiger partial charge on any atom is -0.348 e. The number of hydrogen-bond acceptors (Lipinski definition) is 1. The van der Waals surface area contributed by atoms with E-state index >= 15 is 0 Å². The first-order chi connectivity index (χ1) is 13.4. The Morgan fingerprint density at radius 3 is 2.41 bits per heavy atom. The van der Waals surface area contributed by atoms with Crippen LogP contribution in [0.3, 0.4) is 0 Å². The summed E-state index contributed by atoms with van der Waals surface area (Å²) in [5.74, 6) is 0.716. The summed E-state index contributed by atoms with van der Waals surface area (Å²) in [6, 6.07) is 21.2. The molecule has 0 amide bonds. The van der Waals surface area contributed by atoms with Crippen molar-refractivity contribution in [2.75, 3.05) is 11.4 Å². The van der Waals surface area contributed by atoms with Crippen LogP contribution >= 0.6 is 0 Å². The number of rotatable bonds is 7. The Bertz CT molecular complexity index is 797. The first kappa shape index (κ1) is 19.0. The molecule has 0 N–H and O–H groups in total. The van der Waals surface area contributed by atoms with Crippen LogP contribution in [0.2, 0.25) is 0 Å². The van der Waals surface area contributed by atoms with Gasteiger partial charge in [-0.25, -0.2) is 0 Å². The highest BCUT2D eigenvalue weighted by atomic mass is 15.1. The van der Waals surface area contributed by atoms with Gasteiger partial charge in [-0.3, -0.25) is 0 Å². The molecule has 1 nitrogen and oxygen atoms in total. The van der Waals surface area contributed by atoms with Crippen LogP contribution < -0.4 is 4.90 Å². The van der Waals surface area contributed by atoms with E-state index in [0.717, 1.165) is 6.54 Å². The van der Waals surface area contributed by atoms with E-state index in [1.165, 1.54) is 36.1 Å². The van der Waals surface area contributed by atoms with Crippen LogP contribution in [0.1, 0.15) is 31.7 Å². The van der Waals surface area contributed by atoms with E-state index < -0.39 is 0 Å². The van der Waals surface area contributed by atoms with Gasteiger partial charge < -0.3 is 4.90 Å². The molecule has 0 aromatic heterocycles. The Balaban J connectivity index is 1.80. The average Bonchev–Trinajstić information content (AvgIpc) is 2.74. The maximum Gasteiger partial charge on any atom is 0.0406 e. The summed E-state index contributed by atoms with van der Waals surface area (Å²) >= 11 is 0. The molecule has 0 saturated carbocycles. The second kappa shape index (κ2) is 10.4. The lowest BCUT2D eigenvalue weighted by Crippen LogP contribution is -2.25. The van der Waals surface area contributed by atoms with Crippen LogP contribution in [-0.2, 0) is 0 Å². The number of benzene rings is 2. The molecule has 0 saturated heterocycles. The number of allylic oxidation sites excluding steroid dienone is 7. The molecule has 1 heteroatoms. The van der Waals surface area contributed by atoms with Gasteiger partial charge in [-0.05, 0) is 61.4 Å². The quantitative estimate of drug-likeness (QED) is 0.381. The van der Waals surface area contributed by atoms with Gasteiger partial charge in [-0.15, -0.1) is 0 Å². The van der Waals surface area contributed by atoms with E-state index in [2.05, 4.69) is 115 Å². The van der Waals surface area contributed by atoms with Gasteiger partial charge in [0.1, 0.15) is 0 Å². The van der Waals surface area contributed by atoms with Crippen LogP contribution in [0.5, 0.6) is 0 Å². The van der Waals surface area contributed by atoms with Gasteiger partial charge in [0.2, 0.25) is 0 Å². The molecule has 2 aromatic rings. The molecular formula is C26H29N. The fourth-order valence-corrected chi connectivity index (χ4v) is 3.48. The summed E-state index contributed by atoms with van der Waals surface area (Å²) < 4.78 is 0. The van der Waals surface area contributed by atoms with Crippen molar-refractivity contribution in [3.05, 3.63) is 109 Å². The molecule has 27 heavy (non-hydrogen) atoms. The zero-order chi connectivity index (χ0) is 18.7. The van der Waals surface area contributed by atoms with Crippen LogP contribution in [0.4, 0.5) is 5.69 Å². The Hall–Kier alpha value is -2.80. The molecule has 0 radical (unpaired) electrons. The zero-order valence-electron chi connectivity index (χ0n) is 16.2.